The van der Waals surface area contributed by atoms with Crippen LogP contribution in [0.2, 0.25) is 0 Å². The van der Waals surface area contributed by atoms with Gasteiger partial charge in [-0.3, -0.25) is 4.79 Å². The number of fused-ring (bicyclic) bond motifs is 1. The van der Waals surface area contributed by atoms with Crippen molar-refractivity contribution in [2.75, 3.05) is 13.7 Å². The van der Waals surface area contributed by atoms with E-state index in [1.165, 1.54) is 25.4 Å². The number of hydrogen-bond donors (Lipinski definition) is 2. The number of carboxylic acids is 1. The highest BCUT2D eigenvalue weighted by molar-refractivity contribution is 5.93. The van der Waals surface area contributed by atoms with E-state index in [0.29, 0.717) is 16.8 Å². The molecule has 1 aromatic heterocycles. The highest BCUT2D eigenvalue weighted by Crippen LogP contribution is 2.35. The largest absolute Gasteiger partial charge is 0.496 e. The van der Waals surface area contributed by atoms with Crippen molar-refractivity contribution in [2.45, 2.75) is 33.2 Å². The zero-order chi connectivity index (χ0) is 23.8. The monoisotopic (exact) mass is 445 g/mol. The number of pyridine rings is 1. The maximum absolute atomic E-state index is 14.2. The highest BCUT2D eigenvalue weighted by atomic mass is 19.1. The van der Waals surface area contributed by atoms with Gasteiger partial charge in [-0.15, -0.1) is 0 Å². The maximum atomic E-state index is 14.2. The van der Waals surface area contributed by atoms with Gasteiger partial charge in [-0.1, -0.05) is 26.8 Å². The van der Waals surface area contributed by atoms with Gasteiger partial charge in [0, 0.05) is 30.1 Å². The quantitative estimate of drug-likeness (QED) is 0.595. The second-order valence-corrected chi connectivity index (χ2v) is 8.74. The molecule has 0 bridgehead atoms. The molecule has 170 valence electrons. The molecule has 6 nitrogen and oxygen atoms in total. The van der Waals surface area contributed by atoms with Gasteiger partial charge >= 0.3 is 5.97 Å². The lowest BCUT2D eigenvalue weighted by atomic mass is 9.86. The third-order valence-electron chi connectivity index (χ3n) is 5.57. The Kier molecular flexibility index (Phi) is 6.37. The lowest BCUT2D eigenvalue weighted by Crippen LogP contribution is -2.30. The molecule has 32 heavy (non-hydrogen) atoms. The van der Waals surface area contributed by atoms with Crippen LogP contribution in [0.4, 0.5) is 8.78 Å². The second kappa shape index (κ2) is 8.70. The van der Waals surface area contributed by atoms with Crippen molar-refractivity contribution >= 4 is 16.9 Å². The molecule has 1 atom stereocenters. The molecule has 2 N–H and O–H groups in total. The van der Waals surface area contributed by atoms with Crippen LogP contribution >= 0.6 is 0 Å². The Bertz CT molecular complexity index is 1240. The normalized spacial score (nSPS) is 12.7. The molecule has 0 aliphatic heterocycles. The molecule has 0 aliphatic rings. The number of rotatable bonds is 6. The van der Waals surface area contributed by atoms with Crippen molar-refractivity contribution in [3.8, 4) is 5.75 Å². The molecule has 3 aromatic rings. The molecule has 0 amide bonds. The molecule has 0 spiro atoms. The Balaban J connectivity index is 2.33. The van der Waals surface area contributed by atoms with E-state index in [4.69, 9.17) is 4.74 Å². The SMILES string of the molecule is COc1cc2c(cc1Cc1ccc(F)cc1F)c(=O)c(C(=O)O)cn2[C@H](CO)C(C)(C)C. The van der Waals surface area contributed by atoms with Crippen LogP contribution in [0.3, 0.4) is 0 Å². The Morgan fingerprint density at radius 1 is 1.16 bits per heavy atom. The van der Waals surface area contributed by atoms with E-state index in [1.54, 1.807) is 10.6 Å². The van der Waals surface area contributed by atoms with Gasteiger partial charge in [0.05, 0.1) is 25.3 Å². The van der Waals surface area contributed by atoms with Gasteiger partial charge in [0.25, 0.3) is 0 Å². The van der Waals surface area contributed by atoms with E-state index in [2.05, 4.69) is 0 Å². The van der Waals surface area contributed by atoms with Gasteiger partial charge in [0.2, 0.25) is 5.43 Å². The number of aliphatic hydroxyl groups excluding tert-OH is 1. The van der Waals surface area contributed by atoms with Gasteiger partial charge in [0.1, 0.15) is 22.9 Å². The van der Waals surface area contributed by atoms with Crippen LogP contribution in [0.1, 0.15) is 48.3 Å². The number of nitrogens with zero attached hydrogens (tertiary/aromatic N) is 1. The van der Waals surface area contributed by atoms with E-state index in [-0.39, 0.29) is 24.0 Å². The van der Waals surface area contributed by atoms with Crippen LogP contribution in [0.5, 0.6) is 5.75 Å². The van der Waals surface area contributed by atoms with Crippen LogP contribution in [0, 0.1) is 17.0 Å². The van der Waals surface area contributed by atoms with Crippen molar-refractivity contribution in [1.29, 1.82) is 0 Å². The minimum atomic E-state index is -1.39. The highest BCUT2D eigenvalue weighted by Gasteiger charge is 2.28. The molecule has 0 unspecified atom stereocenters. The third-order valence-corrected chi connectivity index (χ3v) is 5.57. The van der Waals surface area contributed by atoms with Crippen molar-refractivity contribution in [3.63, 3.8) is 0 Å². The first-order valence-electron chi connectivity index (χ1n) is 10.0. The number of hydrogen-bond acceptors (Lipinski definition) is 4. The molecule has 0 radical (unpaired) electrons. The fraction of sp³-hybridized carbons (Fsp3) is 0.333. The average molecular weight is 445 g/mol. The summed E-state index contributed by atoms with van der Waals surface area (Å²) in [5.41, 5.74) is -0.582. The smallest absolute Gasteiger partial charge is 0.341 e. The van der Waals surface area contributed by atoms with Gasteiger partial charge in [-0.2, -0.15) is 0 Å². The van der Waals surface area contributed by atoms with Crippen molar-refractivity contribution in [2.24, 2.45) is 5.41 Å². The Hall–Kier alpha value is -3.26. The summed E-state index contributed by atoms with van der Waals surface area (Å²) in [4.78, 5) is 24.7. The number of carbonyl (C=O) groups is 1. The fourth-order valence-corrected chi connectivity index (χ4v) is 3.81. The summed E-state index contributed by atoms with van der Waals surface area (Å²) < 4.78 is 34.6. The zero-order valence-corrected chi connectivity index (χ0v) is 18.3. The van der Waals surface area contributed by atoms with Crippen molar-refractivity contribution in [3.05, 3.63) is 75.1 Å². The number of halogens is 2. The number of benzene rings is 2. The van der Waals surface area contributed by atoms with Crippen LogP contribution in [-0.2, 0) is 6.42 Å². The summed E-state index contributed by atoms with van der Waals surface area (Å²) in [5, 5.41) is 19.7. The summed E-state index contributed by atoms with van der Waals surface area (Å²) in [6.07, 6.45) is 1.24. The molecular formula is C24H25F2NO5. The molecule has 0 aliphatic carbocycles. The Morgan fingerprint density at radius 2 is 1.84 bits per heavy atom. The van der Waals surface area contributed by atoms with Crippen LogP contribution < -0.4 is 10.2 Å². The van der Waals surface area contributed by atoms with E-state index >= 15 is 0 Å². The molecule has 2 aromatic carbocycles. The molecular weight excluding hydrogens is 420 g/mol. The summed E-state index contributed by atoms with van der Waals surface area (Å²) in [7, 11) is 1.42. The van der Waals surface area contributed by atoms with Gasteiger partial charge < -0.3 is 19.5 Å². The number of aromatic carboxylic acids is 1. The topological polar surface area (TPSA) is 88.8 Å². The standard InChI is InChI=1S/C24H25F2NO5/c1-24(2,3)21(12-28)27-11-17(23(30)31)22(29)16-8-14(20(32-4)10-19(16)27)7-13-5-6-15(25)9-18(13)26/h5-6,8-11,21,28H,7,12H2,1-4H3,(H,30,31)/t21-/m1/s1. The first-order chi connectivity index (χ1) is 15.0. The van der Waals surface area contributed by atoms with Gasteiger partial charge in [-0.05, 0) is 28.7 Å². The molecule has 8 heteroatoms. The lowest BCUT2D eigenvalue weighted by Gasteiger charge is -2.33. The minimum absolute atomic E-state index is 0.00463. The summed E-state index contributed by atoms with van der Waals surface area (Å²) in [5.74, 6) is -2.49. The molecule has 1 heterocycles. The van der Waals surface area contributed by atoms with Crippen molar-refractivity contribution in [1.82, 2.24) is 4.57 Å². The number of ether oxygens (including phenoxy) is 1. The lowest BCUT2D eigenvalue weighted by molar-refractivity contribution is 0.0692. The van der Waals surface area contributed by atoms with E-state index < -0.39 is 40.1 Å². The number of carboxylic acid groups (broad SMARTS) is 1. The van der Waals surface area contributed by atoms with Gasteiger partial charge in [0.15, 0.2) is 0 Å². The molecule has 0 saturated heterocycles. The van der Waals surface area contributed by atoms with Crippen molar-refractivity contribution < 1.29 is 28.5 Å². The molecule has 0 saturated carbocycles. The predicted molar refractivity (Wildman–Crippen MR) is 116 cm³/mol. The summed E-state index contributed by atoms with van der Waals surface area (Å²) in [6, 6.07) is 5.73. The van der Waals surface area contributed by atoms with E-state index in [1.807, 2.05) is 20.8 Å². The second-order valence-electron chi connectivity index (χ2n) is 8.74. The Morgan fingerprint density at radius 3 is 2.38 bits per heavy atom. The summed E-state index contributed by atoms with van der Waals surface area (Å²) in [6.45, 7) is 5.38. The van der Waals surface area contributed by atoms with E-state index in [0.717, 1.165) is 12.1 Å². The molecule has 3 rings (SSSR count). The minimum Gasteiger partial charge on any atom is -0.496 e. The number of aliphatic hydroxyl groups is 1. The fourth-order valence-electron chi connectivity index (χ4n) is 3.81. The van der Waals surface area contributed by atoms with Crippen LogP contribution in [0.25, 0.3) is 10.9 Å². The number of aromatic nitrogens is 1. The third kappa shape index (κ3) is 4.36. The average Bonchev–Trinajstić information content (AvgIpc) is 2.70. The first-order valence-corrected chi connectivity index (χ1v) is 10.0. The number of methoxy groups -OCH3 is 1. The van der Waals surface area contributed by atoms with E-state index in [9.17, 15) is 28.6 Å². The Labute approximate surface area is 183 Å². The van der Waals surface area contributed by atoms with Crippen LogP contribution in [0.15, 0.2) is 41.3 Å². The maximum Gasteiger partial charge on any atom is 0.341 e. The predicted octanol–water partition coefficient (Wildman–Crippen LogP) is 4.16. The van der Waals surface area contributed by atoms with Crippen LogP contribution in [-0.4, -0.2) is 34.5 Å². The first kappa shape index (κ1) is 23.4. The molecule has 0 fully saturated rings. The zero-order valence-electron chi connectivity index (χ0n) is 18.3. The van der Waals surface area contributed by atoms with Gasteiger partial charge in [-0.25, -0.2) is 13.6 Å². The summed E-state index contributed by atoms with van der Waals surface area (Å²) >= 11 is 0.